The van der Waals surface area contributed by atoms with Crippen LogP contribution in [0, 0.1) is 6.92 Å². The van der Waals surface area contributed by atoms with Crippen LogP contribution in [-0.4, -0.2) is 48.7 Å². The molecule has 0 N–H and O–H groups in total. The van der Waals surface area contributed by atoms with E-state index in [1.165, 1.54) is 11.8 Å². The summed E-state index contributed by atoms with van der Waals surface area (Å²) in [5, 5.41) is 17.8. The molecule has 142 valence electrons. The minimum atomic E-state index is -0.413. The number of aryl methyl sites for hydroxylation is 1. The number of rotatable bonds is 5. The maximum absolute atomic E-state index is 12.6. The molecule has 0 saturated heterocycles. The van der Waals surface area contributed by atoms with E-state index in [1.54, 1.807) is 28.6 Å². The minimum Gasteiger partial charge on any atom is -0.462 e. The third-order valence-electron chi connectivity index (χ3n) is 4.07. The summed E-state index contributed by atoms with van der Waals surface area (Å²) in [6.07, 6.45) is 5.33. The maximum Gasteiger partial charge on any atom is 0.340 e. The zero-order chi connectivity index (χ0) is 19.5. The van der Waals surface area contributed by atoms with E-state index in [-0.39, 0.29) is 6.61 Å². The molecular formula is C19H18N6O2S. The predicted octanol–water partition coefficient (Wildman–Crippen LogP) is 2.73. The molecule has 0 bridgehead atoms. The summed E-state index contributed by atoms with van der Waals surface area (Å²) in [5.41, 5.74) is 2.74. The zero-order valence-corrected chi connectivity index (χ0v) is 16.3. The molecule has 0 atom stereocenters. The van der Waals surface area contributed by atoms with Gasteiger partial charge in [-0.2, -0.15) is 14.9 Å². The third-order valence-corrected chi connectivity index (χ3v) is 5.00. The van der Waals surface area contributed by atoms with Gasteiger partial charge in [-0.25, -0.2) is 9.48 Å². The monoisotopic (exact) mass is 394 g/mol. The second-order valence-corrected chi connectivity index (χ2v) is 6.95. The highest BCUT2D eigenvalue weighted by atomic mass is 32.2. The highest BCUT2D eigenvalue weighted by Gasteiger charge is 2.24. The molecule has 2 aromatic heterocycles. The number of nitrogens with zero attached hydrogens (tertiary/aromatic N) is 6. The van der Waals surface area contributed by atoms with Crippen molar-refractivity contribution >= 4 is 29.5 Å². The Morgan fingerprint density at radius 2 is 2.11 bits per heavy atom. The van der Waals surface area contributed by atoms with E-state index in [1.807, 2.05) is 43.5 Å². The number of para-hydroxylation sites is 1. The molecule has 3 heterocycles. The van der Waals surface area contributed by atoms with Crippen LogP contribution < -0.4 is 0 Å². The summed E-state index contributed by atoms with van der Waals surface area (Å²) in [5.74, 6) is 0.763. The van der Waals surface area contributed by atoms with Crippen molar-refractivity contribution in [1.82, 2.24) is 24.7 Å². The molecule has 1 aliphatic heterocycles. The van der Waals surface area contributed by atoms with Crippen LogP contribution in [0.3, 0.4) is 0 Å². The molecule has 1 aliphatic rings. The van der Waals surface area contributed by atoms with Crippen LogP contribution in [0.15, 0.2) is 58.6 Å². The number of carbonyl (C=O) groups excluding carboxylic acids is 1. The first-order chi connectivity index (χ1) is 13.7. The van der Waals surface area contributed by atoms with Crippen molar-refractivity contribution in [3.05, 3.63) is 59.7 Å². The third kappa shape index (κ3) is 3.61. The number of benzene rings is 1. The topological polar surface area (TPSA) is 87.2 Å². The SMILES string of the molecule is CCOC(=O)/C(=C\c1cnn(-c2ccccc2)c1)C1=Nn2c(C)nnc2SC1. The fourth-order valence-corrected chi connectivity index (χ4v) is 3.60. The standard InChI is InChI=1S/C19H18N6O2S/c1-3-27-18(26)16(17-12-28-19-22-21-13(2)25(19)23-17)9-14-10-20-24(11-14)15-7-5-4-6-8-15/h4-11H,3,12H2,1-2H3/b16-9-. The van der Waals surface area contributed by atoms with Crippen LogP contribution in [0.4, 0.5) is 0 Å². The Morgan fingerprint density at radius 1 is 1.29 bits per heavy atom. The van der Waals surface area contributed by atoms with Gasteiger partial charge in [-0.3, -0.25) is 0 Å². The first-order valence-electron chi connectivity index (χ1n) is 8.77. The Labute approximate surface area is 165 Å². The largest absolute Gasteiger partial charge is 0.462 e. The number of aromatic nitrogens is 5. The minimum absolute atomic E-state index is 0.288. The summed E-state index contributed by atoms with van der Waals surface area (Å²) in [4.78, 5) is 12.6. The van der Waals surface area contributed by atoms with E-state index >= 15 is 0 Å². The first-order valence-corrected chi connectivity index (χ1v) is 9.76. The van der Waals surface area contributed by atoms with Crippen molar-refractivity contribution in [1.29, 1.82) is 0 Å². The molecule has 1 aromatic carbocycles. The van der Waals surface area contributed by atoms with Crippen molar-refractivity contribution in [3.8, 4) is 5.69 Å². The van der Waals surface area contributed by atoms with Crippen molar-refractivity contribution < 1.29 is 9.53 Å². The van der Waals surface area contributed by atoms with Gasteiger partial charge in [0, 0.05) is 17.5 Å². The van der Waals surface area contributed by atoms with Gasteiger partial charge in [0.05, 0.1) is 29.8 Å². The Morgan fingerprint density at radius 3 is 2.89 bits per heavy atom. The van der Waals surface area contributed by atoms with Crippen molar-refractivity contribution in [2.75, 3.05) is 12.4 Å². The van der Waals surface area contributed by atoms with E-state index in [9.17, 15) is 4.79 Å². The quantitative estimate of drug-likeness (QED) is 0.488. The van der Waals surface area contributed by atoms with E-state index in [0.29, 0.717) is 28.0 Å². The molecule has 0 radical (unpaired) electrons. The number of carbonyl (C=O) groups is 1. The average Bonchev–Trinajstić information content (AvgIpc) is 3.34. The molecule has 0 fully saturated rings. The Kier molecular flexibility index (Phi) is 5.07. The number of hydrogen-bond acceptors (Lipinski definition) is 7. The highest BCUT2D eigenvalue weighted by Crippen LogP contribution is 2.25. The lowest BCUT2D eigenvalue weighted by molar-refractivity contribution is -0.137. The molecule has 28 heavy (non-hydrogen) atoms. The van der Waals surface area contributed by atoms with Gasteiger partial charge in [-0.15, -0.1) is 10.2 Å². The fraction of sp³-hybridized carbons (Fsp3) is 0.211. The predicted molar refractivity (Wildman–Crippen MR) is 106 cm³/mol. The normalized spacial score (nSPS) is 13.8. The van der Waals surface area contributed by atoms with E-state index in [4.69, 9.17) is 4.74 Å². The number of ether oxygens (including phenoxy) is 1. The molecule has 3 aromatic rings. The lowest BCUT2D eigenvalue weighted by Gasteiger charge is -2.14. The van der Waals surface area contributed by atoms with Crippen LogP contribution in [-0.2, 0) is 9.53 Å². The van der Waals surface area contributed by atoms with Gasteiger partial charge in [0.15, 0.2) is 5.82 Å². The van der Waals surface area contributed by atoms with Crippen LogP contribution in [0.25, 0.3) is 11.8 Å². The summed E-state index contributed by atoms with van der Waals surface area (Å²) in [7, 11) is 0. The average molecular weight is 394 g/mol. The maximum atomic E-state index is 12.6. The van der Waals surface area contributed by atoms with Crippen LogP contribution in [0.1, 0.15) is 18.3 Å². The Hall–Kier alpha value is -3.20. The van der Waals surface area contributed by atoms with Gasteiger partial charge in [-0.05, 0) is 32.1 Å². The lowest BCUT2D eigenvalue weighted by atomic mass is 10.1. The molecule has 8 nitrogen and oxygen atoms in total. The van der Waals surface area contributed by atoms with Gasteiger partial charge in [0.2, 0.25) is 5.16 Å². The van der Waals surface area contributed by atoms with Gasteiger partial charge in [0.1, 0.15) is 0 Å². The van der Waals surface area contributed by atoms with E-state index in [2.05, 4.69) is 20.4 Å². The molecule has 0 spiro atoms. The molecular weight excluding hydrogens is 376 g/mol. The summed E-state index contributed by atoms with van der Waals surface area (Å²) < 4.78 is 8.66. The van der Waals surface area contributed by atoms with E-state index < -0.39 is 5.97 Å². The molecule has 0 saturated carbocycles. The molecule has 4 rings (SSSR count). The van der Waals surface area contributed by atoms with Crippen molar-refractivity contribution in [2.45, 2.75) is 19.0 Å². The zero-order valence-electron chi connectivity index (χ0n) is 15.4. The van der Waals surface area contributed by atoms with E-state index in [0.717, 1.165) is 11.3 Å². The Bertz CT molecular complexity index is 1070. The van der Waals surface area contributed by atoms with Crippen LogP contribution in [0.2, 0.25) is 0 Å². The van der Waals surface area contributed by atoms with Gasteiger partial charge in [0.25, 0.3) is 0 Å². The molecule has 0 aliphatic carbocycles. The van der Waals surface area contributed by atoms with Gasteiger partial charge in [-0.1, -0.05) is 30.0 Å². The smallest absolute Gasteiger partial charge is 0.340 e. The van der Waals surface area contributed by atoms with Crippen molar-refractivity contribution in [3.63, 3.8) is 0 Å². The number of esters is 1. The highest BCUT2D eigenvalue weighted by molar-refractivity contribution is 7.99. The second-order valence-electron chi connectivity index (χ2n) is 6.01. The van der Waals surface area contributed by atoms with Gasteiger partial charge >= 0.3 is 5.97 Å². The van der Waals surface area contributed by atoms with Gasteiger partial charge < -0.3 is 4.74 Å². The summed E-state index contributed by atoms with van der Waals surface area (Å²) >= 11 is 1.48. The fourth-order valence-electron chi connectivity index (χ4n) is 2.73. The first kappa shape index (κ1) is 18.2. The molecule has 0 amide bonds. The van der Waals surface area contributed by atoms with Crippen LogP contribution >= 0.6 is 11.8 Å². The summed E-state index contributed by atoms with van der Waals surface area (Å²) in [6.45, 7) is 3.89. The molecule has 9 heteroatoms. The second kappa shape index (κ2) is 7.81. The lowest BCUT2D eigenvalue weighted by Crippen LogP contribution is -2.21. The Balaban J connectivity index is 1.71. The number of fused-ring (bicyclic) bond motifs is 1. The van der Waals surface area contributed by atoms with Crippen LogP contribution in [0.5, 0.6) is 0 Å². The molecule has 0 unspecified atom stereocenters. The number of thioether (sulfide) groups is 1. The van der Waals surface area contributed by atoms with Crippen molar-refractivity contribution in [2.24, 2.45) is 5.10 Å². The number of hydrogen-bond donors (Lipinski definition) is 0. The summed E-state index contributed by atoms with van der Waals surface area (Å²) in [6, 6.07) is 9.77.